The zero-order valence-electron chi connectivity index (χ0n) is 12.6. The molecule has 1 rings (SSSR count). The van der Waals surface area contributed by atoms with Crippen LogP contribution in [0.3, 0.4) is 0 Å². The van der Waals surface area contributed by atoms with Crippen molar-refractivity contribution in [1.29, 1.82) is 0 Å². The van der Waals surface area contributed by atoms with Crippen LogP contribution in [0.15, 0.2) is 0 Å². The Morgan fingerprint density at radius 1 is 1.42 bits per heavy atom. The molecule has 1 radical (unpaired) electrons. The normalized spacial score (nSPS) is 24.7. The lowest BCUT2D eigenvalue weighted by Crippen LogP contribution is -2.64. The van der Waals surface area contributed by atoms with Gasteiger partial charge in [-0.1, -0.05) is 20.8 Å². The number of carbonyl (C=O) groups is 2. The van der Waals surface area contributed by atoms with Gasteiger partial charge in [0.1, 0.15) is 0 Å². The minimum atomic E-state index is -0.803. The zero-order valence-corrected chi connectivity index (χ0v) is 13.6. The van der Waals surface area contributed by atoms with Crippen LogP contribution in [0.25, 0.3) is 0 Å². The van der Waals surface area contributed by atoms with Gasteiger partial charge in [-0.3, -0.25) is 9.59 Å². The molecule has 0 bridgehead atoms. The van der Waals surface area contributed by atoms with Crippen molar-refractivity contribution >= 4 is 20.9 Å². The van der Waals surface area contributed by atoms with Crippen LogP contribution in [0.2, 0.25) is 13.1 Å². The number of ether oxygens (including phenoxy) is 1. The summed E-state index contributed by atoms with van der Waals surface area (Å²) >= 11 is 0. The van der Waals surface area contributed by atoms with Crippen LogP contribution in [0.5, 0.6) is 0 Å². The topological polar surface area (TPSA) is 64.6 Å². The first-order valence-electron chi connectivity index (χ1n) is 6.53. The van der Waals surface area contributed by atoms with E-state index in [-0.39, 0.29) is 29.1 Å². The summed E-state index contributed by atoms with van der Waals surface area (Å²) in [7, 11) is -0.803. The Hall–Kier alpha value is -0.883. The van der Waals surface area contributed by atoms with Gasteiger partial charge >= 0.3 is 5.97 Å². The highest BCUT2D eigenvalue weighted by molar-refractivity contribution is 6.48. The number of esters is 1. The minimum absolute atomic E-state index is 0.0329. The Morgan fingerprint density at radius 3 is 2.37 bits per heavy atom. The summed E-state index contributed by atoms with van der Waals surface area (Å²) in [4.78, 5) is 22.8. The van der Waals surface area contributed by atoms with Gasteiger partial charge in [0.25, 0.3) is 0 Å². The summed E-state index contributed by atoms with van der Waals surface area (Å²) in [5, 5.41) is 2.64. The van der Waals surface area contributed by atoms with Crippen LogP contribution >= 0.6 is 0 Å². The Labute approximate surface area is 116 Å². The van der Waals surface area contributed by atoms with Gasteiger partial charge in [0.05, 0.1) is 5.92 Å². The van der Waals surface area contributed by atoms with E-state index in [1.165, 1.54) is 6.92 Å². The summed E-state index contributed by atoms with van der Waals surface area (Å²) in [5.41, 5.74) is -0.0852. The third-order valence-electron chi connectivity index (χ3n) is 3.30. The lowest BCUT2D eigenvalue weighted by Gasteiger charge is -2.45. The van der Waals surface area contributed by atoms with Crippen LogP contribution in [-0.2, 0) is 18.8 Å². The summed E-state index contributed by atoms with van der Waals surface area (Å²) in [6.07, 6.45) is -0.512. The smallest absolute Gasteiger partial charge is 0.304 e. The molecule has 1 N–H and O–H groups in total. The molecule has 6 heteroatoms. The molecule has 1 aliphatic heterocycles. The summed E-state index contributed by atoms with van der Waals surface area (Å²) in [6, 6.07) is 0. The number of hydrogen-bond acceptors (Lipinski definition) is 4. The number of hydrogen-bond donors (Lipinski definition) is 1. The average Bonchev–Trinajstić information content (AvgIpc) is 2.20. The van der Waals surface area contributed by atoms with Crippen molar-refractivity contribution in [2.75, 3.05) is 6.61 Å². The van der Waals surface area contributed by atoms with Gasteiger partial charge in [-0.15, -0.1) is 0 Å². The Balaban J connectivity index is 2.78. The minimum Gasteiger partial charge on any atom is -0.441 e. The quantitative estimate of drug-likeness (QED) is 0.473. The highest BCUT2D eigenvalue weighted by atomic mass is 28.3. The second kappa shape index (κ2) is 6.05. The van der Waals surface area contributed by atoms with E-state index >= 15 is 0 Å². The van der Waals surface area contributed by atoms with Crippen molar-refractivity contribution in [3.05, 3.63) is 0 Å². The fraction of sp³-hybridized carbons (Fsp3) is 0.846. The monoisotopic (exact) mass is 286 g/mol. The van der Waals surface area contributed by atoms with Crippen LogP contribution in [0.4, 0.5) is 0 Å². The number of nitrogens with one attached hydrogen (secondary N) is 1. The van der Waals surface area contributed by atoms with Crippen LogP contribution in [0, 0.1) is 17.3 Å². The highest BCUT2D eigenvalue weighted by Gasteiger charge is 2.50. The molecule has 0 saturated carbocycles. The fourth-order valence-corrected chi connectivity index (χ4v) is 2.70. The Bertz CT molecular complexity index is 351. The molecule has 1 fully saturated rings. The van der Waals surface area contributed by atoms with Crippen molar-refractivity contribution in [3.8, 4) is 0 Å². The summed E-state index contributed by atoms with van der Waals surface area (Å²) in [5.74, 6) is -0.717. The van der Waals surface area contributed by atoms with E-state index in [4.69, 9.17) is 9.16 Å². The van der Waals surface area contributed by atoms with Gasteiger partial charge in [0.2, 0.25) is 14.9 Å². The molecule has 0 aromatic carbocycles. The molecule has 1 heterocycles. The third kappa shape index (κ3) is 4.31. The molecule has 0 unspecified atom stereocenters. The maximum absolute atomic E-state index is 11.8. The standard InChI is InChI=1S/C13H24NO4Si/c1-8(15)18-12-10(11(16)14-12)9(13(2,3)4)7-17-19(5)6/h9-10,12H,7H2,1-6H3,(H,14,16)/t9-,10-,12-/m1/s1. The van der Waals surface area contributed by atoms with Crippen LogP contribution < -0.4 is 5.32 Å². The zero-order chi connectivity index (χ0) is 14.8. The van der Waals surface area contributed by atoms with Crippen molar-refractivity contribution in [3.63, 3.8) is 0 Å². The molecule has 0 spiro atoms. The van der Waals surface area contributed by atoms with Crippen molar-refractivity contribution in [2.45, 2.75) is 47.0 Å². The lowest BCUT2D eigenvalue weighted by atomic mass is 9.70. The van der Waals surface area contributed by atoms with E-state index in [1.807, 2.05) is 0 Å². The largest absolute Gasteiger partial charge is 0.441 e. The summed E-state index contributed by atoms with van der Waals surface area (Å²) < 4.78 is 10.9. The maximum Gasteiger partial charge on any atom is 0.304 e. The van der Waals surface area contributed by atoms with Gasteiger partial charge in [0.15, 0.2) is 6.23 Å². The van der Waals surface area contributed by atoms with E-state index in [9.17, 15) is 9.59 Å². The molecule has 5 nitrogen and oxygen atoms in total. The fourth-order valence-electron chi connectivity index (χ4n) is 2.19. The lowest BCUT2D eigenvalue weighted by molar-refractivity contribution is -0.175. The SMILES string of the molecule is CC(=O)O[C@H]1NC(=O)[C@H]1[C@@H](CO[Si](C)C)C(C)(C)C. The molecular formula is C13H24NO4Si. The van der Waals surface area contributed by atoms with E-state index in [0.29, 0.717) is 6.61 Å². The Kier molecular flexibility index (Phi) is 5.15. The molecule has 3 atom stereocenters. The second-order valence-corrected chi connectivity index (χ2v) is 8.36. The first-order chi connectivity index (χ1) is 8.62. The van der Waals surface area contributed by atoms with Gasteiger partial charge in [-0.25, -0.2) is 0 Å². The first kappa shape index (κ1) is 16.2. The molecule has 19 heavy (non-hydrogen) atoms. The molecule has 109 valence electrons. The van der Waals surface area contributed by atoms with E-state index in [0.717, 1.165) is 0 Å². The van der Waals surface area contributed by atoms with Crippen LogP contribution in [-0.4, -0.2) is 33.8 Å². The van der Waals surface area contributed by atoms with Gasteiger partial charge in [0, 0.05) is 19.4 Å². The number of carbonyl (C=O) groups excluding carboxylic acids is 2. The van der Waals surface area contributed by atoms with Crippen LogP contribution in [0.1, 0.15) is 27.7 Å². The number of β-lactam (4-membered cyclic amide) rings is 1. The molecule has 0 aliphatic carbocycles. The molecule has 1 saturated heterocycles. The van der Waals surface area contributed by atoms with Gasteiger partial charge in [-0.2, -0.15) is 0 Å². The predicted molar refractivity (Wildman–Crippen MR) is 73.6 cm³/mol. The average molecular weight is 286 g/mol. The predicted octanol–water partition coefficient (Wildman–Crippen LogP) is 1.55. The van der Waals surface area contributed by atoms with E-state index < -0.39 is 15.3 Å². The maximum atomic E-state index is 11.8. The molecule has 0 aromatic heterocycles. The first-order valence-corrected chi connectivity index (χ1v) is 8.94. The van der Waals surface area contributed by atoms with Crippen molar-refractivity contribution in [1.82, 2.24) is 5.32 Å². The summed E-state index contributed by atoms with van der Waals surface area (Å²) in [6.45, 7) is 12.2. The molecule has 1 aliphatic rings. The van der Waals surface area contributed by atoms with E-state index in [1.54, 1.807) is 0 Å². The molecule has 0 aromatic rings. The Morgan fingerprint density at radius 2 is 2.00 bits per heavy atom. The van der Waals surface area contributed by atoms with Crippen molar-refractivity contribution in [2.24, 2.45) is 17.3 Å². The highest BCUT2D eigenvalue weighted by Crippen LogP contribution is 2.38. The number of rotatable bonds is 5. The second-order valence-electron chi connectivity index (χ2n) is 6.26. The van der Waals surface area contributed by atoms with Gasteiger partial charge < -0.3 is 14.5 Å². The third-order valence-corrected chi connectivity index (χ3v) is 4.05. The number of amides is 1. The molecular weight excluding hydrogens is 262 g/mol. The van der Waals surface area contributed by atoms with Gasteiger partial charge in [-0.05, 0) is 18.5 Å². The van der Waals surface area contributed by atoms with E-state index in [2.05, 4.69) is 39.2 Å². The molecule has 1 amide bonds. The van der Waals surface area contributed by atoms with Crippen molar-refractivity contribution < 1.29 is 18.8 Å².